The highest BCUT2D eigenvalue weighted by Crippen LogP contribution is 2.30. The van der Waals surface area contributed by atoms with Crippen LogP contribution in [0.15, 0.2) is 42.5 Å². The number of phenolic OH excluding ortho intramolecular Hbond substituents is 1. The lowest BCUT2D eigenvalue weighted by atomic mass is 10.2. The summed E-state index contributed by atoms with van der Waals surface area (Å²) in [5, 5.41) is 12.7. The van der Waals surface area contributed by atoms with E-state index in [0.29, 0.717) is 12.5 Å². The molecule has 2 amide bonds. The molecule has 0 saturated heterocycles. The van der Waals surface area contributed by atoms with Crippen molar-refractivity contribution in [2.75, 3.05) is 5.32 Å². The van der Waals surface area contributed by atoms with Gasteiger partial charge in [0.25, 0.3) is 0 Å². The van der Waals surface area contributed by atoms with Crippen molar-refractivity contribution in [3.05, 3.63) is 53.9 Å². The SMILES string of the molecule is CC(C)c1nc2ccc(NC(=O)N(Cc3cccc(O)c3)C3CC3)cc2[nH]1. The first-order chi connectivity index (χ1) is 13.0. The van der Waals surface area contributed by atoms with Gasteiger partial charge in [0.2, 0.25) is 0 Å². The average Bonchev–Trinajstić information content (AvgIpc) is 3.37. The van der Waals surface area contributed by atoms with Crippen molar-refractivity contribution >= 4 is 22.8 Å². The Morgan fingerprint density at radius 1 is 1.30 bits per heavy atom. The normalized spacial score (nSPS) is 13.9. The fourth-order valence-electron chi connectivity index (χ4n) is 3.18. The molecule has 2 aromatic carbocycles. The number of aromatic hydroxyl groups is 1. The highest BCUT2D eigenvalue weighted by molar-refractivity contribution is 5.92. The van der Waals surface area contributed by atoms with Crippen molar-refractivity contribution in [3.8, 4) is 5.75 Å². The zero-order valence-corrected chi connectivity index (χ0v) is 15.6. The lowest BCUT2D eigenvalue weighted by Crippen LogP contribution is -2.36. The van der Waals surface area contributed by atoms with Gasteiger partial charge in [0.1, 0.15) is 11.6 Å². The quantitative estimate of drug-likeness (QED) is 0.619. The Kier molecular flexibility index (Phi) is 4.48. The Hall–Kier alpha value is -3.02. The minimum atomic E-state index is -0.121. The van der Waals surface area contributed by atoms with Gasteiger partial charge in [-0.15, -0.1) is 0 Å². The smallest absolute Gasteiger partial charge is 0.322 e. The fourth-order valence-corrected chi connectivity index (χ4v) is 3.18. The number of anilines is 1. The molecular formula is C21H24N4O2. The third-order valence-electron chi connectivity index (χ3n) is 4.81. The van der Waals surface area contributed by atoms with Gasteiger partial charge in [-0.2, -0.15) is 0 Å². The van der Waals surface area contributed by atoms with Gasteiger partial charge >= 0.3 is 6.03 Å². The molecule has 1 saturated carbocycles. The second kappa shape index (κ2) is 6.95. The van der Waals surface area contributed by atoms with E-state index in [2.05, 4.69) is 29.1 Å². The van der Waals surface area contributed by atoms with Crippen LogP contribution < -0.4 is 5.32 Å². The molecule has 4 rings (SSSR count). The lowest BCUT2D eigenvalue weighted by Gasteiger charge is -2.23. The number of urea groups is 1. The van der Waals surface area contributed by atoms with Crippen LogP contribution in [0, 0.1) is 0 Å². The number of carbonyl (C=O) groups is 1. The topological polar surface area (TPSA) is 81.2 Å². The maximum absolute atomic E-state index is 12.9. The molecule has 3 aromatic rings. The average molecular weight is 364 g/mol. The molecule has 1 aromatic heterocycles. The first-order valence-corrected chi connectivity index (χ1v) is 9.35. The number of amides is 2. The number of carbonyl (C=O) groups excluding carboxylic acids is 1. The number of nitrogens with one attached hydrogen (secondary N) is 2. The predicted octanol–water partition coefficient (Wildman–Crippen LogP) is 4.59. The highest BCUT2D eigenvalue weighted by Gasteiger charge is 2.32. The molecule has 27 heavy (non-hydrogen) atoms. The molecule has 1 aliphatic rings. The maximum atomic E-state index is 12.9. The minimum absolute atomic E-state index is 0.121. The van der Waals surface area contributed by atoms with Crippen molar-refractivity contribution in [1.29, 1.82) is 0 Å². The van der Waals surface area contributed by atoms with E-state index in [9.17, 15) is 9.90 Å². The highest BCUT2D eigenvalue weighted by atomic mass is 16.3. The van der Waals surface area contributed by atoms with E-state index in [4.69, 9.17) is 0 Å². The molecule has 0 bridgehead atoms. The zero-order chi connectivity index (χ0) is 19.0. The molecule has 0 atom stereocenters. The number of aromatic nitrogens is 2. The third-order valence-corrected chi connectivity index (χ3v) is 4.81. The van der Waals surface area contributed by atoms with Gasteiger partial charge in [-0.1, -0.05) is 26.0 Å². The first kappa shape index (κ1) is 17.4. The number of fused-ring (bicyclic) bond motifs is 1. The van der Waals surface area contributed by atoms with Crippen LogP contribution in [0.4, 0.5) is 10.5 Å². The Bertz CT molecular complexity index is 975. The number of benzene rings is 2. The molecule has 6 nitrogen and oxygen atoms in total. The summed E-state index contributed by atoms with van der Waals surface area (Å²) in [6.45, 7) is 4.67. The number of hydrogen-bond donors (Lipinski definition) is 3. The molecule has 0 unspecified atom stereocenters. The zero-order valence-electron chi connectivity index (χ0n) is 15.6. The molecule has 0 radical (unpaired) electrons. The van der Waals surface area contributed by atoms with Crippen molar-refractivity contribution in [3.63, 3.8) is 0 Å². The monoisotopic (exact) mass is 364 g/mol. The summed E-state index contributed by atoms with van der Waals surface area (Å²) in [6, 6.07) is 12.9. The number of H-pyrrole nitrogens is 1. The van der Waals surface area contributed by atoms with E-state index >= 15 is 0 Å². The van der Waals surface area contributed by atoms with Gasteiger partial charge in [0.05, 0.1) is 11.0 Å². The predicted molar refractivity (Wildman–Crippen MR) is 106 cm³/mol. The molecule has 1 fully saturated rings. The largest absolute Gasteiger partial charge is 0.508 e. The summed E-state index contributed by atoms with van der Waals surface area (Å²) >= 11 is 0. The molecule has 0 aliphatic heterocycles. The summed E-state index contributed by atoms with van der Waals surface area (Å²) in [5.41, 5.74) is 3.48. The standard InChI is InChI=1S/C21H24N4O2/c1-13(2)20-23-18-9-6-15(11-19(18)24-20)22-21(27)25(16-7-8-16)12-14-4-3-5-17(26)10-14/h3-6,9-11,13,16,26H,7-8,12H2,1-2H3,(H,22,27)(H,23,24). The van der Waals surface area contributed by atoms with Crippen LogP contribution in [0.3, 0.4) is 0 Å². The summed E-state index contributed by atoms with van der Waals surface area (Å²) < 4.78 is 0. The fraction of sp³-hybridized carbons (Fsp3) is 0.333. The van der Waals surface area contributed by atoms with Crippen LogP contribution >= 0.6 is 0 Å². The molecule has 3 N–H and O–H groups in total. The summed E-state index contributed by atoms with van der Waals surface area (Å²) in [7, 11) is 0. The van der Waals surface area contributed by atoms with E-state index in [1.54, 1.807) is 18.2 Å². The molecule has 0 spiro atoms. The Labute approximate surface area is 158 Å². The summed E-state index contributed by atoms with van der Waals surface area (Å²) in [6.07, 6.45) is 2.03. The number of phenols is 1. The number of imidazole rings is 1. The minimum Gasteiger partial charge on any atom is -0.508 e. The van der Waals surface area contributed by atoms with Gasteiger partial charge in [-0.25, -0.2) is 9.78 Å². The van der Waals surface area contributed by atoms with Crippen molar-refractivity contribution in [1.82, 2.24) is 14.9 Å². The van der Waals surface area contributed by atoms with Gasteiger partial charge in [0.15, 0.2) is 0 Å². The summed E-state index contributed by atoms with van der Waals surface area (Å²) in [4.78, 5) is 22.6. The Balaban J connectivity index is 1.51. The molecule has 6 heteroatoms. The van der Waals surface area contributed by atoms with Crippen LogP contribution in [0.2, 0.25) is 0 Å². The number of rotatable bonds is 5. The van der Waals surface area contributed by atoms with Crippen molar-refractivity contribution < 1.29 is 9.90 Å². The number of hydrogen-bond acceptors (Lipinski definition) is 3. The van der Waals surface area contributed by atoms with Gasteiger partial charge in [-0.05, 0) is 48.7 Å². The molecule has 1 heterocycles. The second-order valence-corrected chi connectivity index (χ2v) is 7.47. The first-order valence-electron chi connectivity index (χ1n) is 9.35. The Morgan fingerprint density at radius 3 is 2.81 bits per heavy atom. The maximum Gasteiger partial charge on any atom is 0.322 e. The number of aromatic amines is 1. The third kappa shape index (κ3) is 3.89. The molecule has 1 aliphatic carbocycles. The Morgan fingerprint density at radius 2 is 2.11 bits per heavy atom. The van der Waals surface area contributed by atoms with Gasteiger partial charge < -0.3 is 20.3 Å². The van der Waals surface area contributed by atoms with Crippen molar-refractivity contribution in [2.45, 2.75) is 45.2 Å². The second-order valence-electron chi connectivity index (χ2n) is 7.47. The van der Waals surface area contributed by atoms with Crippen LogP contribution in [-0.2, 0) is 6.54 Å². The number of nitrogens with zero attached hydrogens (tertiary/aromatic N) is 2. The van der Waals surface area contributed by atoms with E-state index in [1.807, 2.05) is 29.2 Å². The van der Waals surface area contributed by atoms with Crippen LogP contribution in [0.1, 0.15) is 44.0 Å². The van der Waals surface area contributed by atoms with E-state index < -0.39 is 0 Å². The van der Waals surface area contributed by atoms with Crippen molar-refractivity contribution in [2.24, 2.45) is 0 Å². The lowest BCUT2D eigenvalue weighted by molar-refractivity contribution is 0.206. The van der Waals surface area contributed by atoms with Crippen LogP contribution in [0.5, 0.6) is 5.75 Å². The van der Waals surface area contributed by atoms with E-state index in [1.165, 1.54) is 0 Å². The molecule has 140 valence electrons. The van der Waals surface area contributed by atoms with E-state index in [0.717, 1.165) is 41.0 Å². The summed E-state index contributed by atoms with van der Waals surface area (Å²) in [5.74, 6) is 1.48. The van der Waals surface area contributed by atoms with Crippen LogP contribution in [-0.4, -0.2) is 32.0 Å². The van der Waals surface area contributed by atoms with Crippen LogP contribution in [0.25, 0.3) is 11.0 Å². The molecular weight excluding hydrogens is 340 g/mol. The van der Waals surface area contributed by atoms with Gasteiger partial charge in [-0.3, -0.25) is 0 Å². The van der Waals surface area contributed by atoms with E-state index in [-0.39, 0.29) is 17.8 Å². The van der Waals surface area contributed by atoms with Gasteiger partial charge in [0, 0.05) is 24.2 Å².